The fourth-order valence-electron chi connectivity index (χ4n) is 1.56. The quantitative estimate of drug-likeness (QED) is 0.782. The minimum atomic E-state index is -0.530. The molecule has 0 atom stereocenters. The van der Waals surface area contributed by atoms with Gasteiger partial charge in [-0.05, 0) is 42.0 Å². The molecule has 2 N–H and O–H groups in total. The summed E-state index contributed by atoms with van der Waals surface area (Å²) in [5.74, 6) is -0.530. The van der Waals surface area contributed by atoms with Gasteiger partial charge in [0, 0.05) is 16.4 Å². The summed E-state index contributed by atoms with van der Waals surface area (Å²) in [6.45, 7) is 0. The monoisotopic (exact) mass is 368 g/mol. The first-order valence-corrected chi connectivity index (χ1v) is 7.16. The van der Waals surface area contributed by atoms with Crippen molar-refractivity contribution in [1.29, 1.82) is 0 Å². The number of benzene rings is 2. The number of amides is 2. The predicted molar refractivity (Wildman–Crippen MR) is 86.7 cm³/mol. The molecule has 6 heteroatoms. The standard InChI is InChI=1S/C15H11BrClFN2O/c16-11-3-1-2-10(8-11)6-7-19-15(21)20-12-4-5-14(18)13(17)9-12/h1-9H,(H2,19,20,21)/b7-6+. The van der Waals surface area contributed by atoms with Crippen molar-refractivity contribution in [3.8, 4) is 0 Å². The molecule has 2 rings (SSSR count). The molecular weight excluding hydrogens is 359 g/mol. The second-order valence-electron chi connectivity index (χ2n) is 4.12. The van der Waals surface area contributed by atoms with Gasteiger partial charge in [-0.25, -0.2) is 9.18 Å². The van der Waals surface area contributed by atoms with Gasteiger partial charge in [0.05, 0.1) is 5.02 Å². The SMILES string of the molecule is O=C(N/C=C/c1cccc(Br)c1)Nc1ccc(F)c(Cl)c1. The Morgan fingerprint density at radius 1 is 1.24 bits per heavy atom. The first kappa shape index (κ1) is 15.5. The van der Waals surface area contributed by atoms with Crippen LogP contribution in [0.1, 0.15) is 5.56 Å². The number of carbonyl (C=O) groups excluding carboxylic acids is 1. The normalized spacial score (nSPS) is 10.6. The molecule has 0 saturated carbocycles. The summed E-state index contributed by atoms with van der Waals surface area (Å²) < 4.78 is 13.9. The van der Waals surface area contributed by atoms with Gasteiger partial charge in [0.25, 0.3) is 0 Å². The molecule has 0 radical (unpaired) electrons. The highest BCUT2D eigenvalue weighted by Crippen LogP contribution is 2.19. The number of nitrogens with one attached hydrogen (secondary N) is 2. The van der Waals surface area contributed by atoms with E-state index in [1.165, 1.54) is 24.4 Å². The molecule has 0 heterocycles. The molecule has 0 spiro atoms. The summed E-state index contributed by atoms with van der Waals surface area (Å²) in [5, 5.41) is 5.05. The summed E-state index contributed by atoms with van der Waals surface area (Å²) in [4.78, 5) is 11.6. The van der Waals surface area contributed by atoms with Crippen LogP contribution in [0.5, 0.6) is 0 Å². The van der Waals surface area contributed by atoms with Crippen molar-refractivity contribution in [2.45, 2.75) is 0 Å². The van der Waals surface area contributed by atoms with Gasteiger partial charge in [0.1, 0.15) is 5.82 Å². The van der Waals surface area contributed by atoms with Crippen molar-refractivity contribution in [3.63, 3.8) is 0 Å². The maximum absolute atomic E-state index is 13.0. The van der Waals surface area contributed by atoms with E-state index in [4.69, 9.17) is 11.6 Å². The fraction of sp³-hybridized carbons (Fsp3) is 0. The Bertz CT molecular complexity index is 691. The van der Waals surface area contributed by atoms with Gasteiger partial charge >= 0.3 is 6.03 Å². The third-order valence-electron chi connectivity index (χ3n) is 2.52. The van der Waals surface area contributed by atoms with E-state index < -0.39 is 11.8 Å². The summed E-state index contributed by atoms with van der Waals surface area (Å²) >= 11 is 8.99. The van der Waals surface area contributed by atoms with Crippen molar-refractivity contribution >= 4 is 45.3 Å². The largest absolute Gasteiger partial charge is 0.323 e. The molecule has 0 aliphatic heterocycles. The zero-order chi connectivity index (χ0) is 15.2. The van der Waals surface area contributed by atoms with Crippen LogP contribution in [0.3, 0.4) is 0 Å². The number of hydrogen-bond donors (Lipinski definition) is 2. The molecule has 0 aliphatic rings. The molecule has 108 valence electrons. The maximum atomic E-state index is 13.0. The van der Waals surface area contributed by atoms with Crippen LogP contribution in [0, 0.1) is 5.82 Å². The van der Waals surface area contributed by atoms with Crippen molar-refractivity contribution in [2.75, 3.05) is 5.32 Å². The van der Waals surface area contributed by atoms with Crippen LogP contribution in [0.25, 0.3) is 6.08 Å². The first-order chi connectivity index (χ1) is 10.0. The van der Waals surface area contributed by atoms with Gasteiger partial charge in [-0.15, -0.1) is 0 Å². The van der Waals surface area contributed by atoms with Gasteiger partial charge < -0.3 is 10.6 Å². The Hall–Kier alpha value is -1.85. The van der Waals surface area contributed by atoms with Gasteiger partial charge in [-0.1, -0.05) is 39.7 Å². The smallest absolute Gasteiger partial charge is 0.314 e. The molecule has 2 aromatic carbocycles. The van der Waals surface area contributed by atoms with Gasteiger partial charge in [0.2, 0.25) is 0 Å². The molecule has 0 bridgehead atoms. The summed E-state index contributed by atoms with van der Waals surface area (Å²) in [7, 11) is 0. The number of anilines is 1. The van der Waals surface area contributed by atoms with E-state index in [9.17, 15) is 9.18 Å². The molecule has 0 aromatic heterocycles. The molecule has 3 nitrogen and oxygen atoms in total. The van der Waals surface area contributed by atoms with E-state index in [2.05, 4.69) is 26.6 Å². The number of carbonyl (C=O) groups is 1. The lowest BCUT2D eigenvalue weighted by Gasteiger charge is -2.05. The van der Waals surface area contributed by atoms with E-state index in [1.54, 1.807) is 6.08 Å². The second-order valence-corrected chi connectivity index (χ2v) is 5.44. The lowest BCUT2D eigenvalue weighted by atomic mass is 10.2. The van der Waals surface area contributed by atoms with E-state index in [0.717, 1.165) is 10.0 Å². The molecule has 21 heavy (non-hydrogen) atoms. The van der Waals surface area contributed by atoms with E-state index in [1.807, 2.05) is 24.3 Å². The number of halogens is 3. The Balaban J connectivity index is 1.91. The van der Waals surface area contributed by atoms with Crippen LogP contribution in [0.4, 0.5) is 14.9 Å². The highest BCUT2D eigenvalue weighted by molar-refractivity contribution is 9.10. The Morgan fingerprint density at radius 2 is 2.05 bits per heavy atom. The third kappa shape index (κ3) is 4.88. The van der Waals surface area contributed by atoms with Crippen LogP contribution < -0.4 is 10.6 Å². The first-order valence-electron chi connectivity index (χ1n) is 5.99. The molecule has 2 amide bonds. The predicted octanol–water partition coefficient (Wildman–Crippen LogP) is 5.03. The topological polar surface area (TPSA) is 41.1 Å². The molecule has 0 saturated heterocycles. The summed E-state index contributed by atoms with van der Waals surface area (Å²) in [6.07, 6.45) is 3.27. The Labute approximate surface area is 134 Å². The lowest BCUT2D eigenvalue weighted by molar-refractivity contribution is 0.255. The fourth-order valence-corrected chi connectivity index (χ4v) is 2.16. The maximum Gasteiger partial charge on any atom is 0.323 e. The molecule has 2 aromatic rings. The minimum absolute atomic E-state index is 0.0440. The van der Waals surface area contributed by atoms with Crippen molar-refractivity contribution in [2.24, 2.45) is 0 Å². The van der Waals surface area contributed by atoms with Gasteiger partial charge in [0.15, 0.2) is 0 Å². The summed E-state index contributed by atoms with van der Waals surface area (Å²) in [5.41, 5.74) is 1.35. The third-order valence-corrected chi connectivity index (χ3v) is 3.30. The van der Waals surface area contributed by atoms with Crippen LogP contribution in [0.2, 0.25) is 5.02 Å². The zero-order valence-electron chi connectivity index (χ0n) is 10.7. The zero-order valence-corrected chi connectivity index (χ0v) is 13.1. The Kier molecular flexibility index (Phi) is 5.36. The van der Waals surface area contributed by atoms with Gasteiger partial charge in [-0.2, -0.15) is 0 Å². The highest BCUT2D eigenvalue weighted by atomic mass is 79.9. The van der Waals surface area contributed by atoms with Crippen molar-refractivity contribution < 1.29 is 9.18 Å². The molecule has 0 fully saturated rings. The number of hydrogen-bond acceptors (Lipinski definition) is 1. The van der Waals surface area contributed by atoms with E-state index in [0.29, 0.717) is 5.69 Å². The van der Waals surface area contributed by atoms with Gasteiger partial charge in [-0.3, -0.25) is 0 Å². The van der Waals surface area contributed by atoms with Crippen LogP contribution in [-0.2, 0) is 0 Å². The minimum Gasteiger partial charge on any atom is -0.314 e. The van der Waals surface area contributed by atoms with E-state index >= 15 is 0 Å². The van der Waals surface area contributed by atoms with Crippen LogP contribution in [0.15, 0.2) is 53.1 Å². The second kappa shape index (κ2) is 7.24. The van der Waals surface area contributed by atoms with Crippen molar-refractivity contribution in [3.05, 3.63) is 69.5 Å². The number of rotatable bonds is 3. The molecule has 0 aliphatic carbocycles. The Morgan fingerprint density at radius 3 is 2.76 bits per heavy atom. The molecule has 0 unspecified atom stereocenters. The van der Waals surface area contributed by atoms with E-state index in [-0.39, 0.29) is 5.02 Å². The van der Waals surface area contributed by atoms with Crippen molar-refractivity contribution in [1.82, 2.24) is 5.32 Å². The summed E-state index contributed by atoms with van der Waals surface area (Å²) in [6, 6.07) is 11.1. The van der Waals surface area contributed by atoms with Crippen LogP contribution >= 0.6 is 27.5 Å². The van der Waals surface area contributed by atoms with Crippen LogP contribution in [-0.4, -0.2) is 6.03 Å². The average molecular weight is 370 g/mol. The average Bonchev–Trinajstić information content (AvgIpc) is 2.43. The number of urea groups is 1. The lowest BCUT2D eigenvalue weighted by Crippen LogP contribution is -2.23. The highest BCUT2D eigenvalue weighted by Gasteiger charge is 2.03. The molecular formula is C15H11BrClFN2O.